The number of anilines is 1. The largest absolute Gasteiger partial charge is 0.394 e. The Morgan fingerprint density at radius 2 is 1.78 bits per heavy atom. The maximum atomic E-state index is 14.6. The van der Waals surface area contributed by atoms with E-state index in [9.17, 15) is 23.8 Å². The molecule has 2 heterocycles. The fourth-order valence-corrected chi connectivity index (χ4v) is 3.48. The second-order valence-electron chi connectivity index (χ2n) is 7.26. The fourth-order valence-electron chi connectivity index (χ4n) is 3.48. The summed E-state index contributed by atoms with van der Waals surface area (Å²) in [4.78, 5) is 21.7. The van der Waals surface area contributed by atoms with Crippen LogP contribution in [0.4, 0.5) is 14.7 Å². The molecule has 0 unspecified atom stereocenters. The number of fused-ring (bicyclic) bond motifs is 1. The molecular formula is C23H20F2N4O3. The topological polar surface area (TPSA) is 100 Å². The van der Waals surface area contributed by atoms with Gasteiger partial charge >= 0.3 is 0 Å². The first kappa shape index (κ1) is 21.5. The van der Waals surface area contributed by atoms with Crippen LogP contribution in [-0.2, 0) is 0 Å². The van der Waals surface area contributed by atoms with Crippen molar-refractivity contribution in [3.05, 3.63) is 82.1 Å². The van der Waals surface area contributed by atoms with Gasteiger partial charge in [0.25, 0.3) is 5.56 Å². The Bertz CT molecular complexity index is 1350. The standard InChI is InChI=1S/C23H20F2N4O3/c1-13-10-14(24)6-7-16(13)21-17-8-9-20(32)29(19-5-3-2-4-18(19)25)22(17)28-23(27-21)26-15(11-30)12-31/h2-10,15,30-31H,11-12H2,1H3,(H,26,27,28). The maximum Gasteiger partial charge on any atom is 0.256 e. The molecule has 3 N–H and O–H groups in total. The second-order valence-corrected chi connectivity index (χ2v) is 7.26. The molecule has 7 nitrogen and oxygen atoms in total. The molecular weight excluding hydrogens is 418 g/mol. The third-order valence-electron chi connectivity index (χ3n) is 5.06. The van der Waals surface area contributed by atoms with E-state index in [1.54, 1.807) is 19.1 Å². The van der Waals surface area contributed by atoms with Crippen LogP contribution in [0, 0.1) is 18.6 Å². The number of hydrogen-bond acceptors (Lipinski definition) is 6. The Morgan fingerprint density at radius 1 is 1.03 bits per heavy atom. The molecule has 2 aromatic carbocycles. The number of aryl methyl sites for hydroxylation is 1. The van der Waals surface area contributed by atoms with Gasteiger partial charge in [-0.3, -0.25) is 9.36 Å². The number of para-hydroxylation sites is 1. The third kappa shape index (κ3) is 3.95. The van der Waals surface area contributed by atoms with Gasteiger partial charge in [0.05, 0.1) is 30.6 Å². The van der Waals surface area contributed by atoms with E-state index in [0.717, 1.165) is 4.57 Å². The molecule has 0 bridgehead atoms. The number of rotatable bonds is 6. The van der Waals surface area contributed by atoms with Gasteiger partial charge in [0.2, 0.25) is 5.95 Å². The molecule has 0 aliphatic carbocycles. The monoisotopic (exact) mass is 438 g/mol. The first-order valence-corrected chi connectivity index (χ1v) is 9.86. The van der Waals surface area contributed by atoms with Crippen LogP contribution in [0.3, 0.4) is 0 Å². The van der Waals surface area contributed by atoms with E-state index < -0.39 is 36.4 Å². The number of nitrogens with one attached hydrogen (secondary N) is 1. The molecule has 32 heavy (non-hydrogen) atoms. The van der Waals surface area contributed by atoms with Crippen molar-refractivity contribution in [1.82, 2.24) is 14.5 Å². The average Bonchev–Trinajstić information content (AvgIpc) is 2.78. The molecule has 2 aromatic heterocycles. The van der Waals surface area contributed by atoms with E-state index >= 15 is 0 Å². The minimum Gasteiger partial charge on any atom is -0.394 e. The predicted octanol–water partition coefficient (Wildman–Crippen LogP) is 2.80. The zero-order chi connectivity index (χ0) is 22.8. The normalized spacial score (nSPS) is 11.3. The highest BCUT2D eigenvalue weighted by molar-refractivity contribution is 5.93. The number of halogens is 2. The van der Waals surface area contributed by atoms with Gasteiger partial charge in [-0.1, -0.05) is 12.1 Å². The Kier molecular flexibility index (Phi) is 5.93. The minimum absolute atomic E-state index is 0.00962. The summed E-state index contributed by atoms with van der Waals surface area (Å²) in [6.45, 7) is 0.937. The van der Waals surface area contributed by atoms with E-state index in [1.165, 1.54) is 42.5 Å². The molecule has 0 saturated carbocycles. The molecule has 4 aromatic rings. The van der Waals surface area contributed by atoms with Crippen LogP contribution in [0.5, 0.6) is 0 Å². The van der Waals surface area contributed by atoms with E-state index in [2.05, 4.69) is 15.3 Å². The quantitative estimate of drug-likeness (QED) is 0.428. The van der Waals surface area contributed by atoms with Gasteiger partial charge in [0, 0.05) is 17.0 Å². The molecule has 0 amide bonds. The summed E-state index contributed by atoms with van der Waals surface area (Å²) in [5, 5.41) is 22.2. The van der Waals surface area contributed by atoms with Gasteiger partial charge < -0.3 is 15.5 Å². The lowest BCUT2D eigenvalue weighted by Crippen LogP contribution is -2.29. The minimum atomic E-state index is -0.757. The fraction of sp³-hybridized carbons (Fsp3) is 0.174. The van der Waals surface area contributed by atoms with Crippen molar-refractivity contribution in [3.8, 4) is 16.9 Å². The summed E-state index contributed by atoms with van der Waals surface area (Å²) >= 11 is 0. The average molecular weight is 438 g/mol. The van der Waals surface area contributed by atoms with Crippen LogP contribution in [0.25, 0.3) is 28.0 Å². The highest BCUT2D eigenvalue weighted by atomic mass is 19.1. The third-order valence-corrected chi connectivity index (χ3v) is 5.06. The van der Waals surface area contributed by atoms with Crippen molar-refractivity contribution in [2.45, 2.75) is 13.0 Å². The molecule has 4 rings (SSSR count). The lowest BCUT2D eigenvalue weighted by molar-refractivity contribution is 0.203. The van der Waals surface area contributed by atoms with Crippen LogP contribution >= 0.6 is 0 Å². The van der Waals surface area contributed by atoms with Crippen LogP contribution in [0.15, 0.2) is 59.4 Å². The molecule has 0 spiro atoms. The molecule has 9 heteroatoms. The van der Waals surface area contributed by atoms with Gasteiger partial charge in [0.1, 0.15) is 11.6 Å². The number of aliphatic hydroxyl groups excluding tert-OH is 2. The van der Waals surface area contributed by atoms with Gasteiger partial charge in [-0.05, 0) is 48.9 Å². The highest BCUT2D eigenvalue weighted by Gasteiger charge is 2.19. The lowest BCUT2D eigenvalue weighted by Gasteiger charge is -2.18. The van der Waals surface area contributed by atoms with E-state index in [-0.39, 0.29) is 17.3 Å². The molecule has 0 atom stereocenters. The summed E-state index contributed by atoms with van der Waals surface area (Å²) in [7, 11) is 0. The van der Waals surface area contributed by atoms with E-state index in [0.29, 0.717) is 22.2 Å². The Labute approximate surface area is 181 Å². The summed E-state index contributed by atoms with van der Waals surface area (Å²) in [6, 6.07) is 12.1. The molecule has 0 aliphatic heterocycles. The number of aromatic nitrogens is 3. The van der Waals surface area contributed by atoms with Gasteiger partial charge in [-0.2, -0.15) is 4.98 Å². The highest BCUT2D eigenvalue weighted by Crippen LogP contribution is 2.30. The van der Waals surface area contributed by atoms with Crippen molar-refractivity contribution < 1.29 is 19.0 Å². The van der Waals surface area contributed by atoms with Gasteiger partial charge in [0.15, 0.2) is 5.65 Å². The first-order valence-electron chi connectivity index (χ1n) is 9.86. The second kappa shape index (κ2) is 8.81. The molecule has 164 valence electrons. The molecule has 0 aliphatic rings. The van der Waals surface area contributed by atoms with Gasteiger partial charge in [-0.15, -0.1) is 0 Å². The number of hydrogen-bond donors (Lipinski definition) is 3. The summed E-state index contributed by atoms with van der Waals surface area (Å²) in [6.07, 6.45) is 0. The molecule has 0 radical (unpaired) electrons. The van der Waals surface area contributed by atoms with Crippen molar-refractivity contribution in [2.24, 2.45) is 0 Å². The van der Waals surface area contributed by atoms with Crippen LogP contribution in [-0.4, -0.2) is 44.0 Å². The van der Waals surface area contributed by atoms with Crippen molar-refractivity contribution in [2.75, 3.05) is 18.5 Å². The molecule has 0 fully saturated rings. The van der Waals surface area contributed by atoms with Crippen LogP contribution in [0.1, 0.15) is 5.56 Å². The maximum absolute atomic E-state index is 14.6. The van der Waals surface area contributed by atoms with E-state index in [4.69, 9.17) is 0 Å². The number of nitrogens with zero attached hydrogens (tertiary/aromatic N) is 3. The lowest BCUT2D eigenvalue weighted by atomic mass is 10.0. The van der Waals surface area contributed by atoms with Crippen LogP contribution in [0.2, 0.25) is 0 Å². The summed E-state index contributed by atoms with van der Waals surface area (Å²) in [5.74, 6) is -1.01. The Hall–Kier alpha value is -3.69. The van der Waals surface area contributed by atoms with Crippen molar-refractivity contribution >= 4 is 17.0 Å². The number of benzene rings is 2. The van der Waals surface area contributed by atoms with Gasteiger partial charge in [-0.25, -0.2) is 13.8 Å². The van der Waals surface area contributed by atoms with E-state index in [1.807, 2.05) is 0 Å². The zero-order valence-electron chi connectivity index (χ0n) is 17.1. The first-order chi connectivity index (χ1) is 15.4. The summed E-state index contributed by atoms with van der Waals surface area (Å²) in [5.41, 5.74) is 1.19. The van der Waals surface area contributed by atoms with Crippen molar-refractivity contribution in [3.63, 3.8) is 0 Å². The number of pyridine rings is 1. The Morgan fingerprint density at radius 3 is 2.47 bits per heavy atom. The number of aliphatic hydroxyl groups is 2. The van der Waals surface area contributed by atoms with Crippen molar-refractivity contribution in [1.29, 1.82) is 0 Å². The summed E-state index contributed by atoms with van der Waals surface area (Å²) < 4.78 is 29.5. The zero-order valence-corrected chi connectivity index (χ0v) is 17.1. The van der Waals surface area contributed by atoms with Crippen LogP contribution < -0.4 is 10.9 Å². The Balaban J connectivity index is 2.08. The SMILES string of the molecule is Cc1cc(F)ccc1-c1nc(NC(CO)CO)nc2c1ccc(=O)n2-c1ccccc1F. The predicted molar refractivity (Wildman–Crippen MR) is 117 cm³/mol. The molecule has 0 saturated heterocycles. The smallest absolute Gasteiger partial charge is 0.256 e.